The smallest absolute Gasteiger partial charge is 0.315 e. The fraction of sp³-hybridized carbons (Fsp3) is 0.533. The van der Waals surface area contributed by atoms with Gasteiger partial charge in [-0.2, -0.15) is 0 Å². The van der Waals surface area contributed by atoms with Crippen LogP contribution >= 0.6 is 0 Å². The van der Waals surface area contributed by atoms with Gasteiger partial charge in [-0.1, -0.05) is 26.0 Å². The molecular weight excluding hydrogens is 302 g/mol. The quantitative estimate of drug-likeness (QED) is 0.747. The van der Waals surface area contributed by atoms with Gasteiger partial charge in [0.15, 0.2) is 0 Å². The predicted molar refractivity (Wildman–Crippen MR) is 87.1 cm³/mol. The molecule has 2 atom stereocenters. The van der Waals surface area contributed by atoms with Crippen LogP contribution in [0, 0.1) is 5.92 Å². The summed E-state index contributed by atoms with van der Waals surface area (Å²) in [5.74, 6) is 0.338. The van der Waals surface area contributed by atoms with Crippen molar-refractivity contribution in [1.29, 1.82) is 0 Å². The van der Waals surface area contributed by atoms with E-state index in [9.17, 15) is 13.2 Å². The van der Waals surface area contributed by atoms with E-state index >= 15 is 0 Å². The molecule has 0 aromatic heterocycles. The van der Waals surface area contributed by atoms with Crippen LogP contribution in [0.1, 0.15) is 39.3 Å². The molecule has 22 heavy (non-hydrogen) atoms. The van der Waals surface area contributed by atoms with Crippen LogP contribution in [-0.4, -0.2) is 27.5 Å². The first-order chi connectivity index (χ1) is 10.2. The molecule has 0 heterocycles. The molecule has 0 spiro atoms. The third kappa shape index (κ3) is 4.99. The fourth-order valence-corrected chi connectivity index (χ4v) is 2.55. The monoisotopic (exact) mass is 327 g/mol. The first-order valence-electron chi connectivity index (χ1n) is 7.28. The van der Waals surface area contributed by atoms with Crippen molar-refractivity contribution in [3.05, 3.63) is 29.8 Å². The summed E-state index contributed by atoms with van der Waals surface area (Å²) < 4.78 is 25.9. The summed E-state index contributed by atoms with van der Waals surface area (Å²) in [7, 11) is -2.13. The molecule has 6 nitrogen and oxygen atoms in total. The second kappa shape index (κ2) is 7.60. The molecule has 0 aliphatic rings. The average Bonchev–Trinajstić information content (AvgIpc) is 2.47. The van der Waals surface area contributed by atoms with Gasteiger partial charge in [0.2, 0.25) is 10.0 Å². The van der Waals surface area contributed by atoms with Gasteiger partial charge in [-0.05, 0) is 44.5 Å². The summed E-state index contributed by atoms with van der Waals surface area (Å²) in [6.07, 6.45) is 0. The van der Waals surface area contributed by atoms with Gasteiger partial charge < -0.3 is 10.6 Å². The van der Waals surface area contributed by atoms with Gasteiger partial charge >= 0.3 is 6.03 Å². The molecule has 0 saturated heterocycles. The largest absolute Gasteiger partial charge is 0.335 e. The number of benzene rings is 1. The maximum atomic E-state index is 11.9. The van der Waals surface area contributed by atoms with Crippen molar-refractivity contribution in [3.8, 4) is 0 Å². The Bertz CT molecular complexity index is 614. The Morgan fingerprint density at radius 1 is 1.09 bits per heavy atom. The van der Waals surface area contributed by atoms with Crippen molar-refractivity contribution in [2.75, 3.05) is 7.05 Å². The number of rotatable bonds is 6. The first kappa shape index (κ1) is 18.4. The highest BCUT2D eigenvalue weighted by molar-refractivity contribution is 7.89. The lowest BCUT2D eigenvalue weighted by Crippen LogP contribution is -2.43. The zero-order chi connectivity index (χ0) is 16.9. The molecule has 0 fully saturated rings. The Balaban J connectivity index is 2.80. The van der Waals surface area contributed by atoms with Gasteiger partial charge in [0, 0.05) is 6.04 Å². The summed E-state index contributed by atoms with van der Waals surface area (Å²) in [6, 6.07) is 6.01. The molecule has 1 rings (SSSR count). The second-order valence-corrected chi connectivity index (χ2v) is 7.54. The summed E-state index contributed by atoms with van der Waals surface area (Å²) >= 11 is 0. The minimum atomic E-state index is -3.49. The molecular formula is C15H25N3O3S. The number of amides is 2. The van der Waals surface area contributed by atoms with E-state index in [0.29, 0.717) is 5.92 Å². The Morgan fingerprint density at radius 3 is 2.27 bits per heavy atom. The molecule has 1 aromatic rings. The highest BCUT2D eigenvalue weighted by Gasteiger charge is 2.16. The van der Waals surface area contributed by atoms with Crippen LogP contribution in [-0.2, 0) is 10.0 Å². The van der Waals surface area contributed by atoms with Crippen LogP contribution in [0.5, 0.6) is 0 Å². The van der Waals surface area contributed by atoms with Gasteiger partial charge in [-0.3, -0.25) is 0 Å². The number of carbonyl (C=O) groups is 1. The predicted octanol–water partition coefficient (Wildman–Crippen LogP) is 2.00. The third-order valence-electron chi connectivity index (χ3n) is 3.64. The lowest BCUT2D eigenvalue weighted by Gasteiger charge is -2.21. The number of urea groups is 1. The Hall–Kier alpha value is -1.60. The van der Waals surface area contributed by atoms with Gasteiger partial charge in [0.1, 0.15) is 0 Å². The van der Waals surface area contributed by atoms with Crippen LogP contribution in [0.2, 0.25) is 0 Å². The molecule has 7 heteroatoms. The van der Waals surface area contributed by atoms with Crippen LogP contribution in [0.15, 0.2) is 29.2 Å². The summed E-state index contributed by atoms with van der Waals surface area (Å²) in [5.41, 5.74) is 0.726. The number of hydrogen-bond donors (Lipinski definition) is 3. The van der Waals surface area contributed by atoms with Gasteiger partial charge in [0.25, 0.3) is 0 Å². The molecule has 3 N–H and O–H groups in total. The van der Waals surface area contributed by atoms with Gasteiger partial charge in [0.05, 0.1) is 10.9 Å². The topological polar surface area (TPSA) is 87.3 Å². The number of sulfonamides is 1. The SMILES string of the molecule is CNS(=O)(=O)c1cccc(C(C)NC(=O)NC(C)C(C)C)c1. The Kier molecular flexibility index (Phi) is 6.37. The van der Waals surface area contributed by atoms with Crippen LogP contribution in [0.4, 0.5) is 4.79 Å². The van der Waals surface area contributed by atoms with E-state index in [2.05, 4.69) is 15.4 Å². The van der Waals surface area contributed by atoms with Crippen LogP contribution < -0.4 is 15.4 Å². The van der Waals surface area contributed by atoms with E-state index in [1.165, 1.54) is 13.1 Å². The second-order valence-electron chi connectivity index (χ2n) is 5.65. The number of nitrogens with one attached hydrogen (secondary N) is 3. The fourth-order valence-electron chi connectivity index (χ4n) is 1.76. The van der Waals surface area contributed by atoms with E-state index in [0.717, 1.165) is 5.56 Å². The van der Waals surface area contributed by atoms with E-state index < -0.39 is 10.0 Å². The molecule has 0 saturated carbocycles. The summed E-state index contributed by atoms with van der Waals surface area (Å²) in [4.78, 5) is 12.1. The lowest BCUT2D eigenvalue weighted by atomic mass is 10.1. The van der Waals surface area contributed by atoms with E-state index in [4.69, 9.17) is 0 Å². The van der Waals surface area contributed by atoms with E-state index in [1.54, 1.807) is 18.2 Å². The Morgan fingerprint density at radius 2 is 1.73 bits per heavy atom. The van der Waals surface area contributed by atoms with Crippen molar-refractivity contribution in [1.82, 2.24) is 15.4 Å². The van der Waals surface area contributed by atoms with Crippen molar-refractivity contribution in [2.45, 2.75) is 44.7 Å². The minimum Gasteiger partial charge on any atom is -0.335 e. The highest BCUT2D eigenvalue weighted by atomic mass is 32.2. The molecule has 2 amide bonds. The van der Waals surface area contributed by atoms with E-state index in [-0.39, 0.29) is 23.0 Å². The maximum Gasteiger partial charge on any atom is 0.315 e. The van der Waals surface area contributed by atoms with Crippen LogP contribution in [0.25, 0.3) is 0 Å². The molecule has 0 radical (unpaired) electrons. The lowest BCUT2D eigenvalue weighted by molar-refractivity contribution is 0.231. The third-order valence-corrected chi connectivity index (χ3v) is 5.06. The first-order valence-corrected chi connectivity index (χ1v) is 8.76. The molecule has 1 aromatic carbocycles. The Labute approximate surface area is 132 Å². The summed E-state index contributed by atoms with van der Waals surface area (Å²) in [5, 5.41) is 5.67. The van der Waals surface area contributed by atoms with Crippen molar-refractivity contribution in [3.63, 3.8) is 0 Å². The van der Waals surface area contributed by atoms with Gasteiger partial charge in [-0.25, -0.2) is 17.9 Å². The maximum absolute atomic E-state index is 11.9. The zero-order valence-corrected chi connectivity index (χ0v) is 14.5. The van der Waals surface area contributed by atoms with Crippen molar-refractivity contribution < 1.29 is 13.2 Å². The van der Waals surface area contributed by atoms with Gasteiger partial charge in [-0.15, -0.1) is 0 Å². The minimum absolute atomic E-state index is 0.0585. The van der Waals surface area contributed by atoms with Crippen molar-refractivity contribution in [2.24, 2.45) is 5.92 Å². The summed E-state index contributed by atoms with van der Waals surface area (Å²) in [6.45, 7) is 7.81. The zero-order valence-electron chi connectivity index (χ0n) is 13.7. The molecule has 124 valence electrons. The normalized spacial score (nSPS) is 14.5. The van der Waals surface area contributed by atoms with E-state index in [1.807, 2.05) is 27.7 Å². The standard InChI is InChI=1S/C15H25N3O3S/c1-10(2)11(3)17-15(19)18-12(4)13-7-6-8-14(9-13)22(20,21)16-5/h6-12,16H,1-5H3,(H2,17,18,19). The molecule has 0 aliphatic carbocycles. The molecule has 0 bridgehead atoms. The number of hydrogen-bond acceptors (Lipinski definition) is 3. The molecule has 2 unspecified atom stereocenters. The van der Waals surface area contributed by atoms with Crippen LogP contribution in [0.3, 0.4) is 0 Å². The highest BCUT2D eigenvalue weighted by Crippen LogP contribution is 2.17. The number of carbonyl (C=O) groups excluding carboxylic acids is 1. The molecule has 0 aliphatic heterocycles. The van der Waals surface area contributed by atoms with Crippen molar-refractivity contribution >= 4 is 16.1 Å². The average molecular weight is 327 g/mol.